The number of amides is 2. The first-order chi connectivity index (χ1) is 12.0. The van der Waals surface area contributed by atoms with Crippen LogP contribution in [0, 0.1) is 5.92 Å². The van der Waals surface area contributed by atoms with Gasteiger partial charge < -0.3 is 10.2 Å². The predicted molar refractivity (Wildman–Crippen MR) is 99.8 cm³/mol. The first kappa shape index (κ1) is 17.5. The fraction of sp³-hybridized carbons (Fsp3) is 0.300. The van der Waals surface area contributed by atoms with Gasteiger partial charge in [0, 0.05) is 23.2 Å². The van der Waals surface area contributed by atoms with Crippen LogP contribution < -0.4 is 10.2 Å². The van der Waals surface area contributed by atoms with Gasteiger partial charge in [0.15, 0.2) is 0 Å². The van der Waals surface area contributed by atoms with Crippen LogP contribution in [0.3, 0.4) is 0 Å². The van der Waals surface area contributed by atoms with E-state index in [1.807, 2.05) is 55.5 Å². The summed E-state index contributed by atoms with van der Waals surface area (Å²) in [6, 6.07) is 15.4. The van der Waals surface area contributed by atoms with Crippen molar-refractivity contribution in [2.75, 3.05) is 18.0 Å². The summed E-state index contributed by atoms with van der Waals surface area (Å²) in [5, 5.41) is 3.44. The molecule has 2 aromatic carbocycles. The third-order valence-corrected chi connectivity index (χ3v) is 4.76. The number of rotatable bonds is 5. The number of fused-ring (bicyclic) bond motifs is 1. The monoisotopic (exact) mass is 356 g/mol. The summed E-state index contributed by atoms with van der Waals surface area (Å²) in [6.45, 7) is 2.56. The molecule has 3 rings (SSSR count). The minimum Gasteiger partial charge on any atom is -0.347 e. The van der Waals surface area contributed by atoms with Crippen molar-refractivity contribution < 1.29 is 9.59 Å². The average Bonchev–Trinajstić information content (AvgIpc) is 3.05. The van der Waals surface area contributed by atoms with Crippen molar-refractivity contribution in [2.45, 2.75) is 19.8 Å². The SMILES string of the molecule is CC(Cc1ccc(Cl)cc1)C(=O)NCC(=O)N1CCc2ccccc21. The van der Waals surface area contributed by atoms with Gasteiger partial charge >= 0.3 is 0 Å². The van der Waals surface area contributed by atoms with Crippen LogP contribution in [0.5, 0.6) is 0 Å². The second-order valence-corrected chi connectivity index (χ2v) is 6.81. The summed E-state index contributed by atoms with van der Waals surface area (Å²) in [6.07, 6.45) is 1.48. The number of hydrogen-bond acceptors (Lipinski definition) is 2. The van der Waals surface area contributed by atoms with Crippen molar-refractivity contribution in [1.82, 2.24) is 5.32 Å². The third-order valence-electron chi connectivity index (χ3n) is 4.50. The topological polar surface area (TPSA) is 49.4 Å². The Balaban J connectivity index is 1.52. The molecule has 0 fully saturated rings. The van der Waals surface area contributed by atoms with Crippen molar-refractivity contribution in [3.05, 3.63) is 64.7 Å². The second-order valence-electron chi connectivity index (χ2n) is 6.37. The van der Waals surface area contributed by atoms with E-state index >= 15 is 0 Å². The largest absolute Gasteiger partial charge is 0.347 e. The molecular formula is C20H21ClN2O2. The Hall–Kier alpha value is -2.33. The lowest BCUT2D eigenvalue weighted by atomic mass is 10.0. The van der Waals surface area contributed by atoms with E-state index in [4.69, 9.17) is 11.6 Å². The van der Waals surface area contributed by atoms with Crippen molar-refractivity contribution in [3.63, 3.8) is 0 Å². The van der Waals surface area contributed by atoms with Crippen LogP contribution in [0.4, 0.5) is 5.69 Å². The first-order valence-corrected chi connectivity index (χ1v) is 8.83. The molecule has 1 N–H and O–H groups in total. The van der Waals surface area contributed by atoms with Gasteiger partial charge in [0.1, 0.15) is 0 Å². The van der Waals surface area contributed by atoms with Crippen LogP contribution in [0.15, 0.2) is 48.5 Å². The van der Waals surface area contributed by atoms with Crippen LogP contribution in [0.25, 0.3) is 0 Å². The highest BCUT2D eigenvalue weighted by molar-refractivity contribution is 6.30. The standard InChI is InChI=1S/C20H21ClN2O2/c1-14(12-15-6-8-17(21)9-7-15)20(25)22-13-19(24)23-11-10-16-4-2-3-5-18(16)23/h2-9,14H,10-13H2,1H3,(H,22,25). The lowest BCUT2D eigenvalue weighted by molar-refractivity contribution is -0.127. The Morgan fingerprint density at radius 2 is 1.88 bits per heavy atom. The normalized spacial score (nSPS) is 14.1. The number of hydrogen-bond donors (Lipinski definition) is 1. The summed E-state index contributed by atoms with van der Waals surface area (Å²) in [5.74, 6) is -0.396. The molecule has 1 atom stereocenters. The van der Waals surface area contributed by atoms with Gasteiger partial charge in [-0.25, -0.2) is 0 Å². The number of benzene rings is 2. The van der Waals surface area contributed by atoms with E-state index in [0.29, 0.717) is 18.0 Å². The van der Waals surface area contributed by atoms with Gasteiger partial charge in [0.05, 0.1) is 6.54 Å². The van der Waals surface area contributed by atoms with Crippen LogP contribution in [0.2, 0.25) is 5.02 Å². The van der Waals surface area contributed by atoms with Crippen LogP contribution in [-0.2, 0) is 22.4 Å². The molecule has 1 heterocycles. The summed E-state index contributed by atoms with van der Waals surface area (Å²) in [5.41, 5.74) is 3.18. The van der Waals surface area contributed by atoms with E-state index in [-0.39, 0.29) is 24.3 Å². The molecule has 5 heteroatoms. The zero-order chi connectivity index (χ0) is 17.8. The molecule has 130 valence electrons. The van der Waals surface area contributed by atoms with E-state index in [0.717, 1.165) is 17.7 Å². The molecule has 0 aromatic heterocycles. The highest BCUT2D eigenvalue weighted by Gasteiger charge is 2.24. The Morgan fingerprint density at radius 1 is 1.16 bits per heavy atom. The van der Waals surface area contributed by atoms with Crippen molar-refractivity contribution in [1.29, 1.82) is 0 Å². The molecule has 0 radical (unpaired) electrons. The van der Waals surface area contributed by atoms with Gasteiger partial charge in [-0.2, -0.15) is 0 Å². The molecule has 0 spiro atoms. The van der Waals surface area contributed by atoms with E-state index in [9.17, 15) is 9.59 Å². The van der Waals surface area contributed by atoms with Crippen molar-refractivity contribution in [3.8, 4) is 0 Å². The predicted octanol–water partition coefficient (Wildman–Crippen LogP) is 3.22. The van der Waals surface area contributed by atoms with Gasteiger partial charge in [-0.05, 0) is 42.2 Å². The molecule has 0 saturated heterocycles. The molecule has 2 amide bonds. The van der Waals surface area contributed by atoms with Gasteiger partial charge in [-0.1, -0.05) is 48.9 Å². The highest BCUT2D eigenvalue weighted by Crippen LogP contribution is 2.27. The number of anilines is 1. The van der Waals surface area contributed by atoms with Crippen LogP contribution in [0.1, 0.15) is 18.1 Å². The second kappa shape index (κ2) is 7.70. The third kappa shape index (κ3) is 4.20. The molecule has 1 aliphatic heterocycles. The average molecular weight is 357 g/mol. The number of carbonyl (C=O) groups is 2. The maximum absolute atomic E-state index is 12.4. The number of nitrogens with zero attached hydrogens (tertiary/aromatic N) is 1. The van der Waals surface area contributed by atoms with E-state index in [2.05, 4.69) is 5.32 Å². The summed E-state index contributed by atoms with van der Waals surface area (Å²) < 4.78 is 0. The Kier molecular flexibility index (Phi) is 5.39. The Morgan fingerprint density at radius 3 is 2.64 bits per heavy atom. The zero-order valence-corrected chi connectivity index (χ0v) is 14.9. The van der Waals surface area contributed by atoms with Crippen molar-refractivity contribution in [2.24, 2.45) is 5.92 Å². The number of carbonyl (C=O) groups excluding carboxylic acids is 2. The maximum atomic E-state index is 12.4. The molecule has 1 aliphatic rings. The smallest absolute Gasteiger partial charge is 0.246 e. The maximum Gasteiger partial charge on any atom is 0.246 e. The molecular weight excluding hydrogens is 336 g/mol. The van der Waals surface area contributed by atoms with Gasteiger partial charge in [0.2, 0.25) is 11.8 Å². The van der Waals surface area contributed by atoms with Crippen LogP contribution in [-0.4, -0.2) is 24.9 Å². The van der Waals surface area contributed by atoms with Gasteiger partial charge in [0.25, 0.3) is 0 Å². The first-order valence-electron chi connectivity index (χ1n) is 8.45. The summed E-state index contributed by atoms with van der Waals surface area (Å²) in [4.78, 5) is 26.4. The van der Waals surface area contributed by atoms with E-state index in [1.54, 1.807) is 4.90 Å². The molecule has 2 aromatic rings. The quantitative estimate of drug-likeness (QED) is 0.894. The molecule has 25 heavy (non-hydrogen) atoms. The molecule has 4 nitrogen and oxygen atoms in total. The highest BCUT2D eigenvalue weighted by atomic mass is 35.5. The van der Waals surface area contributed by atoms with Gasteiger partial charge in [-0.15, -0.1) is 0 Å². The Labute approximate surface area is 152 Å². The van der Waals surface area contributed by atoms with Crippen molar-refractivity contribution >= 4 is 29.1 Å². The number of para-hydroxylation sites is 1. The molecule has 0 saturated carbocycles. The lowest BCUT2D eigenvalue weighted by Crippen LogP contribution is -2.41. The fourth-order valence-electron chi connectivity index (χ4n) is 3.10. The zero-order valence-electron chi connectivity index (χ0n) is 14.2. The Bertz CT molecular complexity index is 774. The summed E-state index contributed by atoms with van der Waals surface area (Å²) >= 11 is 5.87. The van der Waals surface area contributed by atoms with E-state index < -0.39 is 0 Å². The minimum atomic E-state index is -0.208. The van der Waals surface area contributed by atoms with E-state index in [1.165, 1.54) is 5.56 Å². The molecule has 0 bridgehead atoms. The minimum absolute atomic E-state index is 0.0259. The van der Waals surface area contributed by atoms with Gasteiger partial charge in [-0.3, -0.25) is 9.59 Å². The number of nitrogens with one attached hydrogen (secondary N) is 1. The summed E-state index contributed by atoms with van der Waals surface area (Å²) in [7, 11) is 0. The molecule has 1 unspecified atom stereocenters. The lowest BCUT2D eigenvalue weighted by Gasteiger charge is -2.18. The molecule has 0 aliphatic carbocycles. The fourth-order valence-corrected chi connectivity index (χ4v) is 3.22. The van der Waals surface area contributed by atoms with Crippen LogP contribution >= 0.6 is 11.6 Å². The number of halogens is 1.